The zero-order chi connectivity index (χ0) is 13.5. The minimum absolute atomic E-state index is 0.300. The molecule has 0 radical (unpaired) electrons. The summed E-state index contributed by atoms with van der Waals surface area (Å²) in [5.41, 5.74) is 1.54. The van der Waals surface area contributed by atoms with Crippen LogP contribution in [0.2, 0.25) is 0 Å². The SMILES string of the molecule is CC(O)(c1ccccc1Br)C1CC1c1ccccc1. The smallest absolute Gasteiger partial charge is 0.0913 e. The second-order valence-electron chi connectivity index (χ2n) is 5.49. The summed E-state index contributed by atoms with van der Waals surface area (Å²) in [5.74, 6) is 0.775. The van der Waals surface area contributed by atoms with E-state index >= 15 is 0 Å². The van der Waals surface area contributed by atoms with Crippen LogP contribution in [0.4, 0.5) is 0 Å². The van der Waals surface area contributed by atoms with E-state index < -0.39 is 5.60 Å². The Morgan fingerprint density at radius 2 is 1.68 bits per heavy atom. The molecule has 2 heteroatoms. The molecular weight excluding hydrogens is 300 g/mol. The lowest BCUT2D eigenvalue weighted by Gasteiger charge is -2.25. The van der Waals surface area contributed by atoms with Crippen LogP contribution in [0, 0.1) is 5.92 Å². The zero-order valence-electron chi connectivity index (χ0n) is 10.9. The maximum atomic E-state index is 10.9. The van der Waals surface area contributed by atoms with Gasteiger partial charge in [0.1, 0.15) is 0 Å². The molecule has 0 aliphatic heterocycles. The Balaban J connectivity index is 1.86. The van der Waals surface area contributed by atoms with Crippen molar-refractivity contribution in [1.29, 1.82) is 0 Å². The number of benzene rings is 2. The molecule has 2 aromatic carbocycles. The van der Waals surface area contributed by atoms with E-state index in [0.29, 0.717) is 11.8 Å². The number of rotatable bonds is 3. The van der Waals surface area contributed by atoms with Crippen molar-refractivity contribution in [2.75, 3.05) is 0 Å². The molecule has 3 atom stereocenters. The van der Waals surface area contributed by atoms with Crippen LogP contribution >= 0.6 is 15.9 Å². The van der Waals surface area contributed by atoms with Gasteiger partial charge in [-0.2, -0.15) is 0 Å². The largest absolute Gasteiger partial charge is 0.385 e. The van der Waals surface area contributed by atoms with Crippen molar-refractivity contribution in [2.45, 2.75) is 24.9 Å². The van der Waals surface area contributed by atoms with Crippen molar-refractivity contribution < 1.29 is 5.11 Å². The molecule has 2 aromatic rings. The molecule has 0 saturated heterocycles. The highest BCUT2D eigenvalue weighted by Crippen LogP contribution is 2.57. The summed E-state index contributed by atoms with van der Waals surface area (Å²) in [6.45, 7) is 1.93. The van der Waals surface area contributed by atoms with Gasteiger partial charge in [-0.05, 0) is 42.4 Å². The molecule has 1 fully saturated rings. The summed E-state index contributed by atoms with van der Waals surface area (Å²) in [4.78, 5) is 0. The van der Waals surface area contributed by atoms with Crippen molar-refractivity contribution in [3.05, 3.63) is 70.2 Å². The minimum atomic E-state index is -0.777. The molecule has 3 unspecified atom stereocenters. The van der Waals surface area contributed by atoms with Gasteiger partial charge in [-0.3, -0.25) is 0 Å². The highest BCUT2D eigenvalue weighted by molar-refractivity contribution is 9.10. The first kappa shape index (κ1) is 12.9. The Morgan fingerprint density at radius 1 is 1.05 bits per heavy atom. The molecule has 0 spiro atoms. The predicted octanol–water partition coefficient (Wildman–Crippen LogP) is 4.46. The van der Waals surface area contributed by atoms with E-state index in [2.05, 4.69) is 40.2 Å². The van der Waals surface area contributed by atoms with Crippen molar-refractivity contribution in [2.24, 2.45) is 5.92 Å². The summed E-state index contributed by atoms with van der Waals surface area (Å²) < 4.78 is 0.985. The molecule has 1 aliphatic carbocycles. The van der Waals surface area contributed by atoms with E-state index in [1.807, 2.05) is 37.3 Å². The molecule has 0 amide bonds. The van der Waals surface area contributed by atoms with Crippen LogP contribution in [-0.2, 0) is 5.60 Å². The van der Waals surface area contributed by atoms with Crippen molar-refractivity contribution in [3.63, 3.8) is 0 Å². The molecule has 98 valence electrons. The summed E-state index contributed by atoms with van der Waals surface area (Å²) in [5, 5.41) is 10.9. The molecule has 1 nitrogen and oxygen atoms in total. The van der Waals surface area contributed by atoms with Crippen LogP contribution in [0.3, 0.4) is 0 Å². The second-order valence-corrected chi connectivity index (χ2v) is 6.34. The molecule has 0 heterocycles. The molecule has 1 saturated carbocycles. The number of aliphatic hydroxyl groups is 1. The number of halogens is 1. The fourth-order valence-electron chi connectivity index (χ4n) is 2.96. The Kier molecular flexibility index (Phi) is 3.23. The highest BCUT2D eigenvalue weighted by Gasteiger charge is 2.51. The first-order valence-electron chi connectivity index (χ1n) is 6.63. The maximum absolute atomic E-state index is 10.9. The van der Waals surface area contributed by atoms with Crippen LogP contribution < -0.4 is 0 Å². The Labute approximate surface area is 122 Å². The van der Waals surface area contributed by atoms with Crippen LogP contribution in [0.25, 0.3) is 0 Å². The van der Waals surface area contributed by atoms with E-state index in [4.69, 9.17) is 0 Å². The Hall–Kier alpha value is -1.12. The number of hydrogen-bond donors (Lipinski definition) is 1. The molecule has 3 rings (SSSR count). The van der Waals surface area contributed by atoms with E-state index in [9.17, 15) is 5.11 Å². The van der Waals surface area contributed by atoms with Crippen LogP contribution in [0.1, 0.15) is 30.4 Å². The summed E-state index contributed by atoms with van der Waals surface area (Å²) >= 11 is 3.54. The standard InChI is InChI=1S/C17H17BrO/c1-17(19,14-9-5-6-10-16(14)18)15-11-13(15)12-7-3-2-4-8-12/h2-10,13,15,19H,11H2,1H3. The average Bonchev–Trinajstić information content (AvgIpc) is 3.21. The van der Waals surface area contributed by atoms with Crippen molar-refractivity contribution in [3.8, 4) is 0 Å². The fraction of sp³-hybridized carbons (Fsp3) is 0.294. The molecule has 0 aromatic heterocycles. The predicted molar refractivity (Wildman–Crippen MR) is 81.0 cm³/mol. The summed E-state index contributed by atoms with van der Waals surface area (Å²) in [6, 6.07) is 18.4. The lowest BCUT2D eigenvalue weighted by atomic mass is 9.89. The van der Waals surface area contributed by atoms with E-state index in [1.165, 1.54) is 5.56 Å². The van der Waals surface area contributed by atoms with Gasteiger partial charge >= 0.3 is 0 Å². The first-order chi connectivity index (χ1) is 9.10. The van der Waals surface area contributed by atoms with E-state index in [-0.39, 0.29) is 0 Å². The second kappa shape index (κ2) is 4.77. The van der Waals surface area contributed by atoms with Crippen LogP contribution in [0.5, 0.6) is 0 Å². The molecule has 1 aliphatic rings. The zero-order valence-corrected chi connectivity index (χ0v) is 12.5. The van der Waals surface area contributed by atoms with Gasteiger partial charge < -0.3 is 5.11 Å². The fourth-order valence-corrected chi connectivity index (χ4v) is 3.64. The first-order valence-corrected chi connectivity index (χ1v) is 7.42. The van der Waals surface area contributed by atoms with Gasteiger partial charge in [0.15, 0.2) is 0 Å². The average molecular weight is 317 g/mol. The normalized spacial score (nSPS) is 24.8. The van der Waals surface area contributed by atoms with Crippen molar-refractivity contribution >= 4 is 15.9 Å². The Morgan fingerprint density at radius 3 is 2.37 bits per heavy atom. The summed E-state index contributed by atoms with van der Waals surface area (Å²) in [7, 11) is 0. The molecule has 0 bridgehead atoms. The van der Waals surface area contributed by atoms with Crippen LogP contribution in [0.15, 0.2) is 59.1 Å². The van der Waals surface area contributed by atoms with E-state index in [1.54, 1.807) is 0 Å². The lowest BCUT2D eigenvalue weighted by Crippen LogP contribution is -2.25. The quantitative estimate of drug-likeness (QED) is 0.886. The summed E-state index contributed by atoms with van der Waals surface area (Å²) in [6.07, 6.45) is 1.05. The van der Waals surface area contributed by atoms with Gasteiger partial charge in [0.05, 0.1) is 5.60 Å². The topological polar surface area (TPSA) is 20.2 Å². The molecule has 19 heavy (non-hydrogen) atoms. The molecule has 1 N–H and O–H groups in total. The van der Waals surface area contributed by atoms with Gasteiger partial charge in [-0.1, -0.05) is 64.5 Å². The third-order valence-electron chi connectivity index (χ3n) is 4.16. The van der Waals surface area contributed by atoms with Gasteiger partial charge in [-0.15, -0.1) is 0 Å². The van der Waals surface area contributed by atoms with E-state index in [0.717, 1.165) is 16.5 Å². The van der Waals surface area contributed by atoms with Gasteiger partial charge in [0, 0.05) is 4.47 Å². The highest BCUT2D eigenvalue weighted by atomic mass is 79.9. The maximum Gasteiger partial charge on any atom is 0.0913 e. The molecular formula is C17H17BrO. The Bertz CT molecular complexity index is 577. The third kappa shape index (κ3) is 2.35. The lowest BCUT2D eigenvalue weighted by molar-refractivity contribution is 0.0302. The number of hydrogen-bond acceptors (Lipinski definition) is 1. The van der Waals surface area contributed by atoms with Gasteiger partial charge in [0.2, 0.25) is 0 Å². The van der Waals surface area contributed by atoms with Gasteiger partial charge in [0.25, 0.3) is 0 Å². The monoisotopic (exact) mass is 316 g/mol. The minimum Gasteiger partial charge on any atom is -0.385 e. The van der Waals surface area contributed by atoms with Gasteiger partial charge in [-0.25, -0.2) is 0 Å². The van der Waals surface area contributed by atoms with Crippen LogP contribution in [-0.4, -0.2) is 5.11 Å². The van der Waals surface area contributed by atoms with Crippen molar-refractivity contribution in [1.82, 2.24) is 0 Å². The third-order valence-corrected chi connectivity index (χ3v) is 4.85.